The van der Waals surface area contributed by atoms with Crippen LogP contribution in [0.15, 0.2) is 28.8 Å². The molecule has 2 heterocycles. The predicted molar refractivity (Wildman–Crippen MR) is 105 cm³/mol. The minimum absolute atomic E-state index is 0.0260. The fourth-order valence-electron chi connectivity index (χ4n) is 3.55. The zero-order valence-electron chi connectivity index (χ0n) is 16.6. The van der Waals surface area contributed by atoms with Gasteiger partial charge in [-0.25, -0.2) is 0 Å². The standard InChI is InChI=1S/C21H26N4O4/c1-28-17-8-4-14(5-9-17)20-23-18(29-24-20)10-11-19(26)25-12-2-3-15(13-25)21(27)22-16-6-7-16/h4-5,8-9,15-16H,2-3,6-7,10-13H2,1H3,(H,22,27). The number of likely N-dealkylation sites (tertiary alicyclic amines) is 1. The Bertz CT molecular complexity index is 860. The first-order valence-electron chi connectivity index (χ1n) is 10.2. The first kappa shape index (κ1) is 19.4. The van der Waals surface area contributed by atoms with Crippen molar-refractivity contribution in [2.24, 2.45) is 5.92 Å². The number of hydrogen-bond acceptors (Lipinski definition) is 6. The zero-order chi connectivity index (χ0) is 20.2. The minimum Gasteiger partial charge on any atom is -0.497 e. The number of carbonyl (C=O) groups excluding carboxylic acids is 2. The van der Waals surface area contributed by atoms with Crippen LogP contribution in [0.25, 0.3) is 11.4 Å². The zero-order valence-corrected chi connectivity index (χ0v) is 16.6. The minimum atomic E-state index is -0.0987. The number of aryl methyl sites for hydroxylation is 1. The number of rotatable bonds is 7. The van der Waals surface area contributed by atoms with Gasteiger partial charge in [0.1, 0.15) is 5.75 Å². The Hall–Kier alpha value is -2.90. The van der Waals surface area contributed by atoms with Crippen LogP contribution < -0.4 is 10.1 Å². The smallest absolute Gasteiger partial charge is 0.227 e. The summed E-state index contributed by atoms with van der Waals surface area (Å²) in [4.78, 5) is 31.1. The van der Waals surface area contributed by atoms with Gasteiger partial charge in [0.2, 0.25) is 23.5 Å². The third-order valence-electron chi connectivity index (χ3n) is 5.44. The van der Waals surface area contributed by atoms with Gasteiger partial charge < -0.3 is 19.5 Å². The highest BCUT2D eigenvalue weighted by Gasteiger charge is 2.31. The number of nitrogens with one attached hydrogen (secondary N) is 1. The third kappa shape index (κ3) is 4.93. The lowest BCUT2D eigenvalue weighted by atomic mass is 9.96. The second-order valence-electron chi connectivity index (χ2n) is 7.70. The number of carbonyl (C=O) groups is 2. The second kappa shape index (κ2) is 8.63. The quantitative estimate of drug-likeness (QED) is 0.768. The van der Waals surface area contributed by atoms with Crippen LogP contribution in [0.4, 0.5) is 0 Å². The van der Waals surface area contributed by atoms with Gasteiger partial charge in [-0.2, -0.15) is 4.98 Å². The molecular formula is C21H26N4O4. The van der Waals surface area contributed by atoms with Gasteiger partial charge >= 0.3 is 0 Å². The van der Waals surface area contributed by atoms with Crippen molar-refractivity contribution in [2.45, 2.75) is 44.6 Å². The summed E-state index contributed by atoms with van der Waals surface area (Å²) >= 11 is 0. The Morgan fingerprint density at radius 2 is 2.03 bits per heavy atom. The normalized spacial score (nSPS) is 19.1. The Balaban J connectivity index is 1.28. The summed E-state index contributed by atoms with van der Waals surface area (Å²) in [6, 6.07) is 7.74. The van der Waals surface area contributed by atoms with E-state index in [0.717, 1.165) is 37.0 Å². The lowest BCUT2D eigenvalue weighted by Crippen LogP contribution is -2.45. The molecule has 2 aromatic rings. The van der Waals surface area contributed by atoms with Gasteiger partial charge in [-0.15, -0.1) is 0 Å². The van der Waals surface area contributed by atoms with E-state index in [-0.39, 0.29) is 17.7 Å². The van der Waals surface area contributed by atoms with E-state index in [4.69, 9.17) is 9.26 Å². The molecule has 4 rings (SSSR count). The van der Waals surface area contributed by atoms with Crippen molar-refractivity contribution < 1.29 is 18.8 Å². The molecule has 2 amide bonds. The monoisotopic (exact) mass is 398 g/mol. The van der Waals surface area contributed by atoms with Crippen molar-refractivity contribution in [1.82, 2.24) is 20.4 Å². The molecule has 2 fully saturated rings. The van der Waals surface area contributed by atoms with E-state index in [0.29, 0.717) is 43.7 Å². The summed E-state index contributed by atoms with van der Waals surface area (Å²) in [5.74, 6) is 1.70. The van der Waals surface area contributed by atoms with Crippen LogP contribution in [-0.4, -0.2) is 53.1 Å². The van der Waals surface area contributed by atoms with Crippen molar-refractivity contribution in [3.63, 3.8) is 0 Å². The average molecular weight is 398 g/mol. The topological polar surface area (TPSA) is 97.6 Å². The van der Waals surface area contributed by atoms with E-state index < -0.39 is 0 Å². The summed E-state index contributed by atoms with van der Waals surface area (Å²) in [6.45, 7) is 1.20. The van der Waals surface area contributed by atoms with Gasteiger partial charge in [0.05, 0.1) is 13.0 Å². The Kier molecular flexibility index (Phi) is 5.78. The SMILES string of the molecule is COc1ccc(-c2noc(CCC(=O)N3CCCC(C(=O)NC4CC4)C3)n2)cc1. The summed E-state index contributed by atoms with van der Waals surface area (Å²) < 4.78 is 10.4. The van der Waals surface area contributed by atoms with E-state index in [1.165, 1.54) is 0 Å². The van der Waals surface area contributed by atoms with Gasteiger partial charge in [-0.1, -0.05) is 5.16 Å². The van der Waals surface area contributed by atoms with Crippen LogP contribution in [0.5, 0.6) is 5.75 Å². The number of amides is 2. The van der Waals surface area contributed by atoms with Gasteiger partial charge in [0, 0.05) is 37.5 Å². The Morgan fingerprint density at radius 1 is 1.24 bits per heavy atom. The van der Waals surface area contributed by atoms with Crippen molar-refractivity contribution in [1.29, 1.82) is 0 Å². The van der Waals surface area contributed by atoms with Crippen molar-refractivity contribution >= 4 is 11.8 Å². The molecule has 1 saturated heterocycles. The maximum Gasteiger partial charge on any atom is 0.227 e. The molecule has 0 bridgehead atoms. The highest BCUT2D eigenvalue weighted by Crippen LogP contribution is 2.23. The van der Waals surface area contributed by atoms with E-state index >= 15 is 0 Å². The van der Waals surface area contributed by atoms with Crippen molar-refractivity contribution in [3.8, 4) is 17.1 Å². The third-order valence-corrected chi connectivity index (χ3v) is 5.44. The van der Waals surface area contributed by atoms with Crippen LogP contribution in [0, 0.1) is 5.92 Å². The molecule has 2 aliphatic rings. The molecule has 29 heavy (non-hydrogen) atoms. The molecule has 1 unspecified atom stereocenters. The van der Waals surface area contributed by atoms with E-state index in [9.17, 15) is 9.59 Å². The van der Waals surface area contributed by atoms with E-state index in [2.05, 4.69) is 15.5 Å². The number of hydrogen-bond donors (Lipinski definition) is 1. The number of nitrogens with zero attached hydrogens (tertiary/aromatic N) is 3. The molecule has 1 N–H and O–H groups in total. The maximum atomic E-state index is 12.6. The maximum absolute atomic E-state index is 12.6. The lowest BCUT2D eigenvalue weighted by Gasteiger charge is -2.32. The highest BCUT2D eigenvalue weighted by atomic mass is 16.5. The number of aromatic nitrogens is 2. The largest absolute Gasteiger partial charge is 0.497 e. The van der Waals surface area contributed by atoms with Gasteiger partial charge in [-0.05, 0) is 49.9 Å². The second-order valence-corrected chi connectivity index (χ2v) is 7.70. The molecule has 8 nitrogen and oxygen atoms in total. The molecule has 1 aliphatic carbocycles. The summed E-state index contributed by atoms with van der Waals surface area (Å²) in [5.41, 5.74) is 0.827. The van der Waals surface area contributed by atoms with E-state index in [1.54, 1.807) is 12.0 Å². The predicted octanol–water partition coefficient (Wildman–Crippen LogP) is 2.20. The number of piperidine rings is 1. The molecule has 1 atom stereocenters. The summed E-state index contributed by atoms with van der Waals surface area (Å²) in [6.07, 6.45) is 4.53. The fraction of sp³-hybridized carbons (Fsp3) is 0.524. The van der Waals surface area contributed by atoms with E-state index in [1.807, 2.05) is 24.3 Å². The van der Waals surface area contributed by atoms with Crippen LogP contribution in [-0.2, 0) is 16.0 Å². The summed E-state index contributed by atoms with van der Waals surface area (Å²) in [5, 5.41) is 7.04. The van der Waals surface area contributed by atoms with Crippen molar-refractivity contribution in [2.75, 3.05) is 20.2 Å². The lowest BCUT2D eigenvalue weighted by molar-refractivity contribution is -0.135. The molecule has 0 spiro atoms. The van der Waals surface area contributed by atoms with Crippen LogP contribution in [0.2, 0.25) is 0 Å². The molecule has 8 heteroatoms. The van der Waals surface area contributed by atoms with Crippen molar-refractivity contribution in [3.05, 3.63) is 30.2 Å². The molecular weight excluding hydrogens is 372 g/mol. The molecule has 1 aromatic carbocycles. The molecule has 0 radical (unpaired) electrons. The Labute approximate surface area is 169 Å². The number of methoxy groups -OCH3 is 1. The average Bonchev–Trinajstić information content (AvgIpc) is 3.45. The van der Waals surface area contributed by atoms with Crippen LogP contribution in [0.1, 0.15) is 38.0 Å². The van der Waals surface area contributed by atoms with Crippen LogP contribution in [0.3, 0.4) is 0 Å². The van der Waals surface area contributed by atoms with Gasteiger partial charge in [0.15, 0.2) is 0 Å². The first-order valence-corrected chi connectivity index (χ1v) is 10.2. The fourth-order valence-corrected chi connectivity index (χ4v) is 3.55. The Morgan fingerprint density at radius 3 is 2.76 bits per heavy atom. The highest BCUT2D eigenvalue weighted by molar-refractivity contribution is 5.81. The van der Waals surface area contributed by atoms with Gasteiger partial charge in [0.25, 0.3) is 0 Å². The first-order chi connectivity index (χ1) is 14.1. The molecule has 1 aromatic heterocycles. The van der Waals surface area contributed by atoms with Gasteiger partial charge in [-0.3, -0.25) is 9.59 Å². The molecule has 1 saturated carbocycles. The molecule has 154 valence electrons. The molecule has 1 aliphatic heterocycles. The summed E-state index contributed by atoms with van der Waals surface area (Å²) in [7, 11) is 1.61. The number of ether oxygens (including phenoxy) is 1. The van der Waals surface area contributed by atoms with Crippen LogP contribution >= 0.6 is 0 Å². The number of benzene rings is 1.